The molecule has 6 heteroatoms. The molecule has 0 aromatic rings. The van der Waals surface area contributed by atoms with Gasteiger partial charge in [-0.25, -0.2) is 0 Å². The van der Waals surface area contributed by atoms with Crippen LogP contribution in [0.15, 0.2) is 134 Å². The molecule has 0 heterocycles. The Morgan fingerprint density at radius 3 is 0.747 bits per heavy atom. The summed E-state index contributed by atoms with van der Waals surface area (Å²) in [4.78, 5) is 38.4. The fourth-order valence-electron chi connectivity index (χ4n) is 9.49. The first-order valence-electron chi connectivity index (χ1n) is 34.7. The fourth-order valence-corrected chi connectivity index (χ4v) is 9.49. The minimum atomic E-state index is -0.793. The van der Waals surface area contributed by atoms with Crippen molar-refractivity contribution >= 4 is 17.9 Å². The molecule has 83 heavy (non-hydrogen) atoms. The van der Waals surface area contributed by atoms with Gasteiger partial charge in [-0.15, -0.1) is 0 Å². The SMILES string of the molecule is CC/C=C\C/C=C\C/C=C\C/C=C\C/C=C\C/C=C\CCCCCCCCCCCCCCCCC(=O)OCC(COC(=O)CCCCCCC/C=C\CCCCCC)OC(=O)CCCCCCCC/C=C\C/C=C\C/C=C\C/C=C\CC. The van der Waals surface area contributed by atoms with Crippen LogP contribution >= 0.6 is 0 Å². The van der Waals surface area contributed by atoms with Gasteiger partial charge in [-0.05, 0) is 135 Å². The smallest absolute Gasteiger partial charge is 0.306 e. The predicted molar refractivity (Wildman–Crippen MR) is 362 cm³/mol. The maximum atomic E-state index is 12.9. The largest absolute Gasteiger partial charge is 0.462 e. The standard InChI is InChI=1S/C77H128O6/c1-4-7-10-13-16-19-22-25-27-29-31-32-33-34-35-36-37-38-39-40-41-42-43-44-46-47-49-52-55-58-61-64-67-70-76(79)82-73-74(72-81-75(78)69-66-63-60-57-54-51-24-21-18-15-12-9-6-3)83-77(80)71-68-65-62-59-56-53-50-48-45-30-28-26-23-20-17-14-11-8-5-2/h7-8,10-11,16-17,19-21,24-28,31-32,34-35,37-38,45,48,74H,4-6,9,12-15,18,22-23,29-30,33,36,39-44,46-47,49-73H2,1-3H3/b10-7-,11-8-,19-16-,20-17-,24-21-,27-25-,28-26-,32-31-,35-34-,38-37-,48-45-. The second-order valence-corrected chi connectivity index (χ2v) is 22.7. The lowest BCUT2D eigenvalue weighted by atomic mass is 10.0. The second kappa shape index (κ2) is 70.0. The quantitative estimate of drug-likeness (QED) is 0.0261. The van der Waals surface area contributed by atoms with Crippen LogP contribution in [0.2, 0.25) is 0 Å². The van der Waals surface area contributed by atoms with E-state index < -0.39 is 6.10 Å². The number of ether oxygens (including phenoxy) is 3. The number of rotatable bonds is 62. The van der Waals surface area contributed by atoms with Crippen LogP contribution in [0.3, 0.4) is 0 Å². The van der Waals surface area contributed by atoms with Crippen LogP contribution in [0.4, 0.5) is 0 Å². The second-order valence-electron chi connectivity index (χ2n) is 22.7. The van der Waals surface area contributed by atoms with Gasteiger partial charge in [0.2, 0.25) is 0 Å². The number of carbonyl (C=O) groups excluding carboxylic acids is 3. The summed E-state index contributed by atoms with van der Waals surface area (Å²) < 4.78 is 16.9. The average Bonchev–Trinajstić information content (AvgIpc) is 3.49. The zero-order valence-corrected chi connectivity index (χ0v) is 54.2. The number of esters is 3. The highest BCUT2D eigenvalue weighted by atomic mass is 16.6. The van der Waals surface area contributed by atoms with E-state index in [-0.39, 0.29) is 31.1 Å². The Kier molecular flexibility index (Phi) is 66.3. The van der Waals surface area contributed by atoms with Gasteiger partial charge in [0.1, 0.15) is 13.2 Å². The third kappa shape index (κ3) is 68.2. The molecule has 0 saturated carbocycles. The third-order valence-corrected chi connectivity index (χ3v) is 14.6. The van der Waals surface area contributed by atoms with Crippen molar-refractivity contribution in [3.8, 4) is 0 Å². The van der Waals surface area contributed by atoms with Crippen molar-refractivity contribution in [1.82, 2.24) is 0 Å². The van der Waals surface area contributed by atoms with Crippen LogP contribution in [0.5, 0.6) is 0 Å². The van der Waals surface area contributed by atoms with Gasteiger partial charge in [0.15, 0.2) is 6.10 Å². The molecular formula is C77H128O6. The molecule has 0 aromatic carbocycles. The van der Waals surface area contributed by atoms with Gasteiger partial charge in [0.25, 0.3) is 0 Å². The summed E-state index contributed by atoms with van der Waals surface area (Å²) in [7, 11) is 0. The molecule has 0 bridgehead atoms. The Labute approximate surface area is 513 Å². The van der Waals surface area contributed by atoms with Gasteiger partial charge < -0.3 is 14.2 Å². The van der Waals surface area contributed by atoms with E-state index in [0.29, 0.717) is 19.3 Å². The molecule has 1 unspecified atom stereocenters. The van der Waals surface area contributed by atoms with Crippen molar-refractivity contribution < 1.29 is 28.6 Å². The van der Waals surface area contributed by atoms with Crippen LogP contribution in [0.25, 0.3) is 0 Å². The van der Waals surface area contributed by atoms with Gasteiger partial charge in [-0.2, -0.15) is 0 Å². The molecule has 0 amide bonds. The van der Waals surface area contributed by atoms with Crippen molar-refractivity contribution in [3.05, 3.63) is 134 Å². The van der Waals surface area contributed by atoms with Crippen LogP contribution < -0.4 is 0 Å². The van der Waals surface area contributed by atoms with Crippen LogP contribution in [-0.2, 0) is 28.6 Å². The van der Waals surface area contributed by atoms with Crippen molar-refractivity contribution in [1.29, 1.82) is 0 Å². The van der Waals surface area contributed by atoms with E-state index in [1.165, 1.54) is 135 Å². The molecular weight excluding hydrogens is 1020 g/mol. The Bertz CT molecular complexity index is 1750. The topological polar surface area (TPSA) is 78.9 Å². The summed E-state index contributed by atoms with van der Waals surface area (Å²) in [5, 5.41) is 0. The molecule has 0 aliphatic heterocycles. The monoisotopic (exact) mass is 1150 g/mol. The lowest BCUT2D eigenvalue weighted by Crippen LogP contribution is -2.30. The highest BCUT2D eigenvalue weighted by molar-refractivity contribution is 5.71. The molecule has 0 aliphatic carbocycles. The van der Waals surface area contributed by atoms with Crippen molar-refractivity contribution in [2.24, 2.45) is 0 Å². The molecule has 0 saturated heterocycles. The highest BCUT2D eigenvalue weighted by Gasteiger charge is 2.19. The molecule has 0 aliphatic rings. The van der Waals surface area contributed by atoms with Gasteiger partial charge >= 0.3 is 17.9 Å². The number of unbranched alkanes of at least 4 members (excludes halogenated alkanes) is 29. The third-order valence-electron chi connectivity index (χ3n) is 14.6. The minimum Gasteiger partial charge on any atom is -0.462 e. The first-order valence-corrected chi connectivity index (χ1v) is 34.7. The van der Waals surface area contributed by atoms with E-state index in [0.717, 1.165) is 141 Å². The molecule has 1 atom stereocenters. The Hall–Kier alpha value is -4.45. The number of carbonyl (C=O) groups is 3. The molecule has 0 radical (unpaired) electrons. The van der Waals surface area contributed by atoms with Crippen molar-refractivity contribution in [3.63, 3.8) is 0 Å². The van der Waals surface area contributed by atoms with Crippen LogP contribution in [0, 0.1) is 0 Å². The number of hydrogen-bond acceptors (Lipinski definition) is 6. The average molecular weight is 1150 g/mol. The number of hydrogen-bond donors (Lipinski definition) is 0. The van der Waals surface area contributed by atoms with Crippen LogP contribution in [-0.4, -0.2) is 37.2 Å². The normalized spacial score (nSPS) is 13.0. The Balaban J connectivity index is 4.25. The summed E-state index contributed by atoms with van der Waals surface area (Å²) in [6, 6.07) is 0. The molecule has 0 rings (SSSR count). The van der Waals surface area contributed by atoms with Crippen molar-refractivity contribution in [2.75, 3.05) is 13.2 Å². The van der Waals surface area contributed by atoms with Crippen molar-refractivity contribution in [2.45, 2.75) is 322 Å². The lowest BCUT2D eigenvalue weighted by molar-refractivity contribution is -0.167. The van der Waals surface area contributed by atoms with Gasteiger partial charge in [0, 0.05) is 19.3 Å². The molecule has 0 N–H and O–H groups in total. The summed E-state index contributed by atoms with van der Waals surface area (Å²) in [5.74, 6) is -0.904. The van der Waals surface area contributed by atoms with Gasteiger partial charge in [0.05, 0.1) is 0 Å². The first-order chi connectivity index (χ1) is 41.0. The molecule has 472 valence electrons. The van der Waals surface area contributed by atoms with E-state index in [1.54, 1.807) is 0 Å². The summed E-state index contributed by atoms with van der Waals surface area (Å²) in [5.41, 5.74) is 0. The minimum absolute atomic E-state index is 0.0879. The van der Waals surface area contributed by atoms with Gasteiger partial charge in [-0.3, -0.25) is 14.4 Å². The summed E-state index contributed by atoms with van der Waals surface area (Å²) >= 11 is 0. The zero-order valence-electron chi connectivity index (χ0n) is 54.2. The maximum absolute atomic E-state index is 12.9. The number of allylic oxidation sites excluding steroid dienone is 22. The first kappa shape index (κ1) is 78.5. The Morgan fingerprint density at radius 1 is 0.253 bits per heavy atom. The Morgan fingerprint density at radius 2 is 0.470 bits per heavy atom. The fraction of sp³-hybridized carbons (Fsp3) is 0.675. The van der Waals surface area contributed by atoms with E-state index in [1.807, 2.05) is 0 Å². The molecule has 6 nitrogen and oxygen atoms in total. The van der Waals surface area contributed by atoms with Crippen LogP contribution in [0.1, 0.15) is 316 Å². The highest BCUT2D eigenvalue weighted by Crippen LogP contribution is 2.16. The summed E-state index contributed by atoms with van der Waals surface area (Å²) in [6.07, 6.45) is 99.0. The van der Waals surface area contributed by atoms with E-state index in [4.69, 9.17) is 14.2 Å². The van der Waals surface area contributed by atoms with Gasteiger partial charge in [-0.1, -0.05) is 296 Å². The molecule has 0 spiro atoms. The molecule has 0 aromatic heterocycles. The van der Waals surface area contributed by atoms with E-state index in [2.05, 4.69) is 154 Å². The lowest BCUT2D eigenvalue weighted by Gasteiger charge is -2.18. The van der Waals surface area contributed by atoms with E-state index >= 15 is 0 Å². The zero-order chi connectivity index (χ0) is 59.9. The van der Waals surface area contributed by atoms with E-state index in [9.17, 15) is 14.4 Å². The molecule has 0 fully saturated rings. The maximum Gasteiger partial charge on any atom is 0.306 e. The summed E-state index contributed by atoms with van der Waals surface area (Å²) in [6.45, 7) is 6.40. The predicted octanol–water partition coefficient (Wildman–Crippen LogP) is 24.1.